The lowest BCUT2D eigenvalue weighted by molar-refractivity contribution is 0.0790. The molecular formula is C19H22ClN3O. The number of nitrogens with zero attached hydrogens (tertiary/aromatic N) is 3. The SMILES string of the molecule is CCc1c(C(=O)N2CCCC2)c(C2CC2)nn1-c1cccc(Cl)c1. The Labute approximate surface area is 147 Å². The molecule has 1 aromatic carbocycles. The third kappa shape index (κ3) is 2.73. The molecule has 2 aliphatic rings. The van der Waals surface area contributed by atoms with Crippen molar-refractivity contribution in [2.75, 3.05) is 13.1 Å². The number of halogens is 1. The van der Waals surface area contributed by atoms with Crippen LogP contribution >= 0.6 is 11.6 Å². The number of likely N-dealkylation sites (tertiary alicyclic amines) is 1. The summed E-state index contributed by atoms with van der Waals surface area (Å²) in [6, 6.07) is 7.70. The number of carbonyl (C=O) groups excluding carboxylic acids is 1. The van der Waals surface area contributed by atoms with Crippen molar-refractivity contribution < 1.29 is 4.79 Å². The lowest BCUT2D eigenvalue weighted by Gasteiger charge is -2.16. The van der Waals surface area contributed by atoms with Gasteiger partial charge in [-0.05, 0) is 50.3 Å². The van der Waals surface area contributed by atoms with Crippen LogP contribution in [0.2, 0.25) is 5.02 Å². The molecule has 0 radical (unpaired) electrons. The Morgan fingerprint density at radius 2 is 2.04 bits per heavy atom. The third-order valence-electron chi connectivity index (χ3n) is 4.97. The van der Waals surface area contributed by atoms with Crippen LogP contribution in [0.1, 0.15) is 60.3 Å². The number of hydrogen-bond donors (Lipinski definition) is 0. The van der Waals surface area contributed by atoms with E-state index >= 15 is 0 Å². The second kappa shape index (κ2) is 6.25. The summed E-state index contributed by atoms with van der Waals surface area (Å²) in [5.41, 5.74) is 3.78. The minimum absolute atomic E-state index is 0.166. The van der Waals surface area contributed by atoms with Gasteiger partial charge in [0.2, 0.25) is 0 Å². The zero-order chi connectivity index (χ0) is 16.7. The van der Waals surface area contributed by atoms with Crippen LogP contribution < -0.4 is 0 Å². The Hall–Kier alpha value is -1.81. The molecular weight excluding hydrogens is 322 g/mol. The van der Waals surface area contributed by atoms with E-state index in [0.29, 0.717) is 10.9 Å². The molecule has 0 spiro atoms. The second-order valence-electron chi connectivity index (χ2n) is 6.73. The van der Waals surface area contributed by atoms with E-state index in [2.05, 4.69) is 6.92 Å². The summed E-state index contributed by atoms with van der Waals surface area (Å²) in [4.78, 5) is 15.1. The topological polar surface area (TPSA) is 38.1 Å². The first-order valence-electron chi connectivity index (χ1n) is 8.86. The molecule has 0 atom stereocenters. The molecule has 0 unspecified atom stereocenters. The van der Waals surface area contributed by atoms with Gasteiger partial charge >= 0.3 is 0 Å². The first-order valence-corrected chi connectivity index (χ1v) is 9.24. The Kier molecular flexibility index (Phi) is 4.09. The van der Waals surface area contributed by atoms with E-state index in [0.717, 1.165) is 67.8 Å². The van der Waals surface area contributed by atoms with E-state index in [4.69, 9.17) is 16.7 Å². The van der Waals surface area contributed by atoms with Gasteiger partial charge in [-0.3, -0.25) is 4.79 Å². The fourth-order valence-electron chi connectivity index (χ4n) is 3.57. The molecule has 1 saturated heterocycles. The number of aromatic nitrogens is 2. The van der Waals surface area contributed by atoms with Gasteiger partial charge in [-0.2, -0.15) is 5.10 Å². The number of benzene rings is 1. The molecule has 1 aromatic heterocycles. The van der Waals surface area contributed by atoms with Crippen molar-refractivity contribution in [3.05, 3.63) is 46.2 Å². The minimum Gasteiger partial charge on any atom is -0.339 e. The van der Waals surface area contributed by atoms with Crippen LogP contribution in [0.5, 0.6) is 0 Å². The van der Waals surface area contributed by atoms with Crippen molar-refractivity contribution >= 4 is 17.5 Å². The van der Waals surface area contributed by atoms with Crippen molar-refractivity contribution in [2.45, 2.75) is 44.9 Å². The van der Waals surface area contributed by atoms with Crippen LogP contribution in [0.3, 0.4) is 0 Å². The average molecular weight is 344 g/mol. The monoisotopic (exact) mass is 343 g/mol. The highest BCUT2D eigenvalue weighted by Gasteiger charge is 2.36. The molecule has 1 amide bonds. The standard InChI is InChI=1S/C19H22ClN3O/c1-2-16-17(19(24)22-10-3-4-11-22)18(13-8-9-13)21-23(16)15-7-5-6-14(20)12-15/h5-7,12-13H,2-4,8-11H2,1H3. The number of rotatable bonds is 4. The number of hydrogen-bond acceptors (Lipinski definition) is 2. The summed E-state index contributed by atoms with van der Waals surface area (Å²) >= 11 is 6.16. The lowest BCUT2D eigenvalue weighted by Crippen LogP contribution is -2.29. The van der Waals surface area contributed by atoms with Crippen LogP contribution in [-0.2, 0) is 6.42 Å². The lowest BCUT2D eigenvalue weighted by atomic mass is 10.1. The first-order chi connectivity index (χ1) is 11.7. The van der Waals surface area contributed by atoms with Crippen molar-refractivity contribution in [1.29, 1.82) is 0 Å². The smallest absolute Gasteiger partial charge is 0.257 e. The van der Waals surface area contributed by atoms with E-state index in [1.807, 2.05) is 33.8 Å². The van der Waals surface area contributed by atoms with Crippen LogP contribution in [0.15, 0.2) is 24.3 Å². The number of carbonyl (C=O) groups is 1. The van der Waals surface area contributed by atoms with Gasteiger partial charge in [-0.25, -0.2) is 4.68 Å². The van der Waals surface area contributed by atoms with Gasteiger partial charge in [0.05, 0.1) is 22.6 Å². The molecule has 4 rings (SSSR count). The molecule has 4 nitrogen and oxygen atoms in total. The van der Waals surface area contributed by atoms with Crippen molar-refractivity contribution in [3.8, 4) is 5.69 Å². The van der Waals surface area contributed by atoms with Gasteiger partial charge in [0.1, 0.15) is 0 Å². The molecule has 0 N–H and O–H groups in total. The van der Waals surface area contributed by atoms with Crippen LogP contribution in [0.25, 0.3) is 5.69 Å². The molecule has 2 aromatic rings. The molecule has 126 valence electrons. The fraction of sp³-hybridized carbons (Fsp3) is 0.474. The maximum atomic E-state index is 13.1. The van der Waals surface area contributed by atoms with Crippen molar-refractivity contribution in [3.63, 3.8) is 0 Å². The zero-order valence-corrected chi connectivity index (χ0v) is 14.7. The van der Waals surface area contributed by atoms with Gasteiger partial charge in [-0.1, -0.05) is 24.6 Å². The predicted octanol–water partition coefficient (Wildman–Crippen LogP) is 4.20. The number of amides is 1. The molecule has 1 saturated carbocycles. The average Bonchev–Trinajstić information content (AvgIpc) is 3.14. The highest BCUT2D eigenvalue weighted by Crippen LogP contribution is 2.42. The van der Waals surface area contributed by atoms with Crippen LogP contribution in [0, 0.1) is 0 Å². The van der Waals surface area contributed by atoms with Gasteiger partial charge in [0, 0.05) is 24.0 Å². The molecule has 2 heterocycles. The normalized spacial score (nSPS) is 17.5. The quantitative estimate of drug-likeness (QED) is 0.834. The van der Waals surface area contributed by atoms with Gasteiger partial charge in [0.15, 0.2) is 0 Å². The summed E-state index contributed by atoms with van der Waals surface area (Å²) in [6.07, 6.45) is 5.26. The van der Waals surface area contributed by atoms with Crippen LogP contribution in [0.4, 0.5) is 0 Å². The van der Waals surface area contributed by atoms with E-state index in [1.54, 1.807) is 0 Å². The maximum absolute atomic E-state index is 13.1. The molecule has 0 bridgehead atoms. The minimum atomic E-state index is 0.166. The van der Waals surface area contributed by atoms with Gasteiger partial charge < -0.3 is 4.90 Å². The molecule has 5 heteroatoms. The van der Waals surface area contributed by atoms with Crippen molar-refractivity contribution in [2.24, 2.45) is 0 Å². The maximum Gasteiger partial charge on any atom is 0.257 e. The Morgan fingerprint density at radius 3 is 2.67 bits per heavy atom. The Morgan fingerprint density at radius 1 is 1.29 bits per heavy atom. The summed E-state index contributed by atoms with van der Waals surface area (Å²) in [7, 11) is 0. The molecule has 24 heavy (non-hydrogen) atoms. The first kappa shape index (κ1) is 15.7. The Balaban J connectivity index is 1.83. The Bertz CT molecular complexity index is 773. The van der Waals surface area contributed by atoms with Crippen molar-refractivity contribution in [1.82, 2.24) is 14.7 Å². The summed E-state index contributed by atoms with van der Waals surface area (Å²) < 4.78 is 1.93. The second-order valence-corrected chi connectivity index (χ2v) is 7.16. The van der Waals surface area contributed by atoms with Gasteiger partial charge in [0.25, 0.3) is 5.91 Å². The molecule has 2 fully saturated rings. The highest BCUT2D eigenvalue weighted by atomic mass is 35.5. The van der Waals surface area contributed by atoms with E-state index in [-0.39, 0.29) is 5.91 Å². The molecule has 1 aliphatic carbocycles. The van der Waals surface area contributed by atoms with Crippen LogP contribution in [-0.4, -0.2) is 33.7 Å². The zero-order valence-electron chi connectivity index (χ0n) is 14.0. The third-order valence-corrected chi connectivity index (χ3v) is 5.20. The van der Waals surface area contributed by atoms with E-state index in [1.165, 1.54) is 0 Å². The van der Waals surface area contributed by atoms with E-state index < -0.39 is 0 Å². The fourth-order valence-corrected chi connectivity index (χ4v) is 3.76. The largest absolute Gasteiger partial charge is 0.339 e. The summed E-state index contributed by atoms with van der Waals surface area (Å²) in [5.74, 6) is 0.608. The summed E-state index contributed by atoms with van der Waals surface area (Å²) in [6.45, 7) is 3.83. The van der Waals surface area contributed by atoms with Gasteiger partial charge in [-0.15, -0.1) is 0 Å². The predicted molar refractivity (Wildman–Crippen MR) is 95.1 cm³/mol. The highest BCUT2D eigenvalue weighted by molar-refractivity contribution is 6.30. The molecule has 1 aliphatic heterocycles. The van der Waals surface area contributed by atoms with E-state index in [9.17, 15) is 4.79 Å². The summed E-state index contributed by atoms with van der Waals surface area (Å²) in [5, 5.41) is 5.54.